The van der Waals surface area contributed by atoms with Crippen LogP contribution in [0.1, 0.15) is 36.5 Å². The van der Waals surface area contributed by atoms with Gasteiger partial charge in [-0.3, -0.25) is 0 Å². The molecule has 0 saturated heterocycles. The second-order valence-corrected chi connectivity index (χ2v) is 4.97. The summed E-state index contributed by atoms with van der Waals surface area (Å²) in [7, 11) is 0. The molecule has 1 saturated carbocycles. The summed E-state index contributed by atoms with van der Waals surface area (Å²) in [6, 6.07) is 5.14. The van der Waals surface area contributed by atoms with Crippen LogP contribution in [0.15, 0.2) is 24.5 Å². The molecule has 1 fully saturated rings. The Morgan fingerprint density at radius 1 is 1.47 bits per heavy atom. The van der Waals surface area contributed by atoms with Crippen LogP contribution in [-0.2, 0) is 5.54 Å². The van der Waals surface area contributed by atoms with Crippen molar-refractivity contribution in [2.75, 3.05) is 0 Å². The predicted molar refractivity (Wildman–Crippen MR) is 64.2 cm³/mol. The van der Waals surface area contributed by atoms with E-state index in [1.807, 2.05) is 12.4 Å². The minimum Gasteiger partial charge on any atom is -0.478 e. The Bertz CT molecular complexity index is 596. The average Bonchev–Trinajstić information content (AvgIpc) is 2.68. The summed E-state index contributed by atoms with van der Waals surface area (Å²) in [5.41, 5.74) is 2.25. The van der Waals surface area contributed by atoms with E-state index in [1.54, 1.807) is 12.1 Å². The van der Waals surface area contributed by atoms with E-state index in [2.05, 4.69) is 16.5 Å². The van der Waals surface area contributed by atoms with E-state index in [9.17, 15) is 4.79 Å². The van der Waals surface area contributed by atoms with Crippen LogP contribution in [0.25, 0.3) is 11.0 Å². The summed E-state index contributed by atoms with van der Waals surface area (Å²) in [6.45, 7) is 2.22. The van der Waals surface area contributed by atoms with Gasteiger partial charge in [0.1, 0.15) is 0 Å². The third-order valence-electron chi connectivity index (χ3n) is 3.81. The zero-order chi connectivity index (χ0) is 12.0. The highest BCUT2D eigenvalue weighted by Crippen LogP contribution is 2.40. The van der Waals surface area contributed by atoms with Crippen LogP contribution < -0.4 is 0 Å². The molecular formula is C13H14N2O2. The monoisotopic (exact) mass is 230 g/mol. The van der Waals surface area contributed by atoms with Gasteiger partial charge in [-0.05, 0) is 44.4 Å². The van der Waals surface area contributed by atoms with Gasteiger partial charge in [-0.1, -0.05) is 0 Å². The van der Waals surface area contributed by atoms with E-state index in [0.29, 0.717) is 5.56 Å². The molecule has 1 aliphatic carbocycles. The SMILES string of the molecule is CC1(n2cnc3cc(C(=O)O)ccc32)CCC1. The maximum Gasteiger partial charge on any atom is 0.335 e. The lowest BCUT2D eigenvalue weighted by Gasteiger charge is -2.40. The normalized spacial score (nSPS) is 17.9. The summed E-state index contributed by atoms with van der Waals surface area (Å²) in [4.78, 5) is 15.2. The molecule has 3 rings (SSSR count). The zero-order valence-electron chi connectivity index (χ0n) is 9.68. The summed E-state index contributed by atoms with van der Waals surface area (Å²) < 4.78 is 2.18. The van der Waals surface area contributed by atoms with Crippen LogP contribution in [0.3, 0.4) is 0 Å². The molecule has 17 heavy (non-hydrogen) atoms. The number of hydrogen-bond donors (Lipinski definition) is 1. The topological polar surface area (TPSA) is 55.1 Å². The molecule has 4 heteroatoms. The van der Waals surface area contributed by atoms with Gasteiger partial charge < -0.3 is 9.67 Å². The van der Waals surface area contributed by atoms with Crippen LogP contribution in [-0.4, -0.2) is 20.6 Å². The smallest absolute Gasteiger partial charge is 0.335 e. The van der Waals surface area contributed by atoms with Crippen molar-refractivity contribution in [3.63, 3.8) is 0 Å². The van der Waals surface area contributed by atoms with Crippen molar-refractivity contribution in [1.29, 1.82) is 0 Å². The molecular weight excluding hydrogens is 216 g/mol. The van der Waals surface area contributed by atoms with Crippen molar-refractivity contribution < 1.29 is 9.90 Å². The van der Waals surface area contributed by atoms with Crippen molar-refractivity contribution in [3.8, 4) is 0 Å². The van der Waals surface area contributed by atoms with E-state index >= 15 is 0 Å². The Morgan fingerprint density at radius 3 is 2.82 bits per heavy atom. The maximum absolute atomic E-state index is 10.9. The Balaban J connectivity index is 2.14. The quantitative estimate of drug-likeness (QED) is 0.862. The fraction of sp³-hybridized carbons (Fsp3) is 0.385. The predicted octanol–water partition coefficient (Wildman–Crippen LogP) is 2.63. The fourth-order valence-corrected chi connectivity index (χ4v) is 2.51. The van der Waals surface area contributed by atoms with Gasteiger partial charge in [-0.25, -0.2) is 9.78 Å². The summed E-state index contributed by atoms with van der Waals surface area (Å²) >= 11 is 0. The van der Waals surface area contributed by atoms with Gasteiger partial charge >= 0.3 is 5.97 Å². The fourth-order valence-electron chi connectivity index (χ4n) is 2.51. The molecule has 1 N–H and O–H groups in total. The molecule has 1 aliphatic rings. The lowest BCUT2D eigenvalue weighted by molar-refractivity contribution is 0.0697. The van der Waals surface area contributed by atoms with E-state index < -0.39 is 5.97 Å². The molecule has 1 aromatic heterocycles. The molecule has 1 aromatic carbocycles. The van der Waals surface area contributed by atoms with Gasteiger partial charge in [0.05, 0.1) is 22.9 Å². The number of imidazole rings is 1. The Kier molecular flexibility index (Phi) is 2.02. The molecule has 0 aliphatic heterocycles. The highest BCUT2D eigenvalue weighted by molar-refractivity contribution is 5.92. The Hall–Kier alpha value is -1.84. The summed E-state index contributed by atoms with van der Waals surface area (Å²) in [6.07, 6.45) is 5.41. The number of nitrogens with zero attached hydrogens (tertiary/aromatic N) is 2. The largest absolute Gasteiger partial charge is 0.478 e. The molecule has 0 radical (unpaired) electrons. The molecule has 88 valence electrons. The standard InChI is InChI=1S/C13H14N2O2/c1-13(5-2-6-13)15-8-14-10-7-9(12(16)17)3-4-11(10)15/h3-4,7-8H,2,5-6H2,1H3,(H,16,17). The molecule has 0 spiro atoms. The number of carboxylic acid groups (broad SMARTS) is 1. The van der Waals surface area contributed by atoms with Crippen molar-refractivity contribution in [3.05, 3.63) is 30.1 Å². The van der Waals surface area contributed by atoms with E-state index in [4.69, 9.17) is 5.11 Å². The first-order valence-corrected chi connectivity index (χ1v) is 5.81. The number of fused-ring (bicyclic) bond motifs is 1. The van der Waals surface area contributed by atoms with E-state index in [0.717, 1.165) is 11.0 Å². The molecule has 1 heterocycles. The minimum absolute atomic E-state index is 0.166. The number of carboxylic acids is 1. The van der Waals surface area contributed by atoms with Gasteiger partial charge in [-0.2, -0.15) is 0 Å². The van der Waals surface area contributed by atoms with Crippen LogP contribution in [0.4, 0.5) is 0 Å². The first kappa shape index (κ1) is 10.3. The van der Waals surface area contributed by atoms with Gasteiger partial charge in [0, 0.05) is 5.54 Å². The van der Waals surface area contributed by atoms with Crippen molar-refractivity contribution in [2.45, 2.75) is 31.7 Å². The van der Waals surface area contributed by atoms with Crippen molar-refractivity contribution in [2.24, 2.45) is 0 Å². The first-order chi connectivity index (χ1) is 8.10. The van der Waals surface area contributed by atoms with E-state index in [1.165, 1.54) is 19.3 Å². The lowest BCUT2D eigenvalue weighted by atomic mass is 9.78. The number of hydrogen-bond acceptors (Lipinski definition) is 2. The Morgan fingerprint density at radius 2 is 2.24 bits per heavy atom. The van der Waals surface area contributed by atoms with Crippen LogP contribution in [0.5, 0.6) is 0 Å². The average molecular weight is 230 g/mol. The van der Waals surface area contributed by atoms with Crippen molar-refractivity contribution >= 4 is 17.0 Å². The van der Waals surface area contributed by atoms with Crippen LogP contribution >= 0.6 is 0 Å². The lowest BCUT2D eigenvalue weighted by Crippen LogP contribution is -2.36. The van der Waals surface area contributed by atoms with Gasteiger partial charge in [0.2, 0.25) is 0 Å². The third-order valence-corrected chi connectivity index (χ3v) is 3.81. The minimum atomic E-state index is -0.906. The number of carbonyl (C=O) groups is 1. The number of aromatic carboxylic acids is 1. The van der Waals surface area contributed by atoms with Gasteiger partial charge in [0.25, 0.3) is 0 Å². The molecule has 0 atom stereocenters. The van der Waals surface area contributed by atoms with Crippen LogP contribution in [0.2, 0.25) is 0 Å². The molecule has 0 bridgehead atoms. The highest BCUT2D eigenvalue weighted by Gasteiger charge is 2.34. The summed E-state index contributed by atoms with van der Waals surface area (Å²) in [5, 5.41) is 8.93. The number of aromatic nitrogens is 2. The maximum atomic E-state index is 10.9. The number of benzene rings is 1. The molecule has 2 aromatic rings. The molecule has 0 unspecified atom stereocenters. The second-order valence-electron chi connectivity index (χ2n) is 4.97. The molecule has 4 nitrogen and oxygen atoms in total. The van der Waals surface area contributed by atoms with Crippen LogP contribution in [0, 0.1) is 0 Å². The van der Waals surface area contributed by atoms with E-state index in [-0.39, 0.29) is 5.54 Å². The van der Waals surface area contributed by atoms with Gasteiger partial charge in [0.15, 0.2) is 0 Å². The molecule has 0 amide bonds. The zero-order valence-corrected chi connectivity index (χ0v) is 9.68. The first-order valence-electron chi connectivity index (χ1n) is 5.81. The number of rotatable bonds is 2. The second kappa shape index (κ2) is 3.32. The van der Waals surface area contributed by atoms with Gasteiger partial charge in [-0.15, -0.1) is 0 Å². The third kappa shape index (κ3) is 1.44. The highest BCUT2D eigenvalue weighted by atomic mass is 16.4. The van der Waals surface area contributed by atoms with Crippen molar-refractivity contribution in [1.82, 2.24) is 9.55 Å². The Labute approximate surface area is 98.9 Å². The summed E-state index contributed by atoms with van der Waals surface area (Å²) in [5.74, 6) is -0.906.